The van der Waals surface area contributed by atoms with Crippen LogP contribution >= 0.6 is 0 Å². The van der Waals surface area contributed by atoms with Crippen LogP contribution in [-0.2, 0) is 14.2 Å². The zero-order chi connectivity index (χ0) is 27.3. The van der Waals surface area contributed by atoms with E-state index in [1.54, 1.807) is 23.2 Å². The highest BCUT2D eigenvalue weighted by molar-refractivity contribution is 6.00. The minimum atomic E-state index is -0.553. The molecule has 3 N–H and O–H groups in total. The van der Waals surface area contributed by atoms with Gasteiger partial charge < -0.3 is 30.0 Å². The molecule has 0 radical (unpaired) electrons. The highest BCUT2D eigenvalue weighted by Gasteiger charge is 2.38. The van der Waals surface area contributed by atoms with E-state index in [9.17, 15) is 4.79 Å². The lowest BCUT2D eigenvalue weighted by atomic mass is 9.97. The molecular weight excluding hydrogens is 505 g/mol. The number of amides is 1. The normalized spacial score (nSPS) is 24.2. The molecule has 0 bridgehead atoms. The summed E-state index contributed by atoms with van der Waals surface area (Å²) >= 11 is 0. The molecular formula is C28H32FN5O5. The van der Waals surface area contributed by atoms with Gasteiger partial charge in [-0.1, -0.05) is 0 Å². The third kappa shape index (κ3) is 4.49. The number of rotatable bonds is 4. The molecule has 3 aromatic rings. The van der Waals surface area contributed by atoms with Crippen molar-refractivity contribution in [1.82, 2.24) is 9.97 Å². The van der Waals surface area contributed by atoms with E-state index in [4.69, 9.17) is 24.7 Å². The number of fused-ring (bicyclic) bond motifs is 2. The van der Waals surface area contributed by atoms with E-state index in [1.807, 2.05) is 20.8 Å². The van der Waals surface area contributed by atoms with E-state index in [2.05, 4.69) is 15.3 Å². The summed E-state index contributed by atoms with van der Waals surface area (Å²) < 4.78 is 38.5. The SMILES string of the molecule is Cc1c(-c2cc3cc(N(C(=O)OC4CCOC4C)C4CCOC4C)ncc3c(N)c2F)cnc2c1NCCO2. The summed E-state index contributed by atoms with van der Waals surface area (Å²) in [7, 11) is 0. The number of carbonyl (C=O) groups is 1. The number of nitrogens with two attached hydrogens (primary N) is 1. The Morgan fingerprint density at radius 3 is 2.64 bits per heavy atom. The number of nitrogens with one attached hydrogen (secondary N) is 1. The highest BCUT2D eigenvalue weighted by atomic mass is 19.1. The van der Waals surface area contributed by atoms with Crippen molar-refractivity contribution in [3.63, 3.8) is 0 Å². The molecule has 4 atom stereocenters. The molecule has 1 amide bonds. The fourth-order valence-electron chi connectivity index (χ4n) is 5.62. The number of hydrogen-bond acceptors (Lipinski definition) is 9. The van der Waals surface area contributed by atoms with Gasteiger partial charge in [0.25, 0.3) is 0 Å². The molecule has 5 heterocycles. The number of nitrogens with zero attached hydrogens (tertiary/aromatic N) is 3. The Morgan fingerprint density at radius 1 is 1.10 bits per heavy atom. The van der Waals surface area contributed by atoms with Crippen LogP contribution < -0.4 is 20.7 Å². The van der Waals surface area contributed by atoms with Gasteiger partial charge in [0, 0.05) is 48.5 Å². The topological polar surface area (TPSA) is 121 Å². The molecule has 11 heteroatoms. The second-order valence-corrected chi connectivity index (χ2v) is 10.3. The van der Waals surface area contributed by atoms with Gasteiger partial charge in [-0.3, -0.25) is 4.90 Å². The number of ether oxygens (including phenoxy) is 4. The van der Waals surface area contributed by atoms with Crippen molar-refractivity contribution in [3.05, 3.63) is 35.9 Å². The first-order valence-electron chi connectivity index (χ1n) is 13.3. The summed E-state index contributed by atoms with van der Waals surface area (Å²) in [5.41, 5.74) is 8.71. The van der Waals surface area contributed by atoms with Gasteiger partial charge in [0.1, 0.15) is 24.2 Å². The third-order valence-corrected chi connectivity index (χ3v) is 7.89. The maximum atomic E-state index is 15.6. The van der Waals surface area contributed by atoms with E-state index < -0.39 is 11.9 Å². The van der Waals surface area contributed by atoms with E-state index in [0.717, 1.165) is 11.3 Å². The molecule has 3 aliphatic heterocycles. The largest absolute Gasteiger partial charge is 0.474 e. The smallest absolute Gasteiger partial charge is 0.416 e. The minimum Gasteiger partial charge on any atom is -0.474 e. The summed E-state index contributed by atoms with van der Waals surface area (Å²) in [4.78, 5) is 24.0. The van der Waals surface area contributed by atoms with Crippen LogP contribution in [0.2, 0.25) is 0 Å². The molecule has 206 valence electrons. The second kappa shape index (κ2) is 10.1. The number of pyridine rings is 2. The first-order valence-corrected chi connectivity index (χ1v) is 13.3. The number of nitrogen functional groups attached to an aromatic ring is 1. The van der Waals surface area contributed by atoms with Crippen LogP contribution in [0.4, 0.5) is 26.4 Å². The van der Waals surface area contributed by atoms with Crippen LogP contribution in [0.3, 0.4) is 0 Å². The lowest BCUT2D eigenvalue weighted by molar-refractivity contribution is 0.0371. The maximum absolute atomic E-state index is 15.6. The molecule has 0 aliphatic carbocycles. The van der Waals surface area contributed by atoms with Crippen molar-refractivity contribution in [1.29, 1.82) is 0 Å². The summed E-state index contributed by atoms with van der Waals surface area (Å²) in [6.45, 7) is 7.93. The average Bonchev–Trinajstić information content (AvgIpc) is 3.54. The predicted octanol–water partition coefficient (Wildman–Crippen LogP) is 4.43. The molecule has 0 saturated carbocycles. The fourth-order valence-corrected chi connectivity index (χ4v) is 5.62. The summed E-state index contributed by atoms with van der Waals surface area (Å²) in [6, 6.07) is 3.20. The Morgan fingerprint density at radius 2 is 1.90 bits per heavy atom. The first kappa shape index (κ1) is 25.6. The maximum Gasteiger partial charge on any atom is 0.416 e. The van der Waals surface area contributed by atoms with Gasteiger partial charge in [-0.25, -0.2) is 19.2 Å². The van der Waals surface area contributed by atoms with Gasteiger partial charge in [0.15, 0.2) is 5.82 Å². The number of hydrogen-bond donors (Lipinski definition) is 2. The first-order chi connectivity index (χ1) is 18.8. The average molecular weight is 538 g/mol. The number of aromatic nitrogens is 2. The van der Waals surface area contributed by atoms with Gasteiger partial charge in [0.05, 0.1) is 30.5 Å². The lowest BCUT2D eigenvalue weighted by Gasteiger charge is -2.31. The Labute approximate surface area is 225 Å². The molecule has 6 rings (SSSR count). The fraction of sp³-hybridized carbons (Fsp3) is 0.464. The molecule has 2 aromatic heterocycles. The molecule has 0 spiro atoms. The zero-order valence-corrected chi connectivity index (χ0v) is 22.2. The Hall–Kier alpha value is -3.70. The molecule has 3 aliphatic rings. The van der Waals surface area contributed by atoms with E-state index in [-0.39, 0.29) is 30.0 Å². The summed E-state index contributed by atoms with van der Waals surface area (Å²) in [6.07, 6.45) is 3.13. The van der Waals surface area contributed by atoms with Crippen LogP contribution in [0, 0.1) is 12.7 Å². The van der Waals surface area contributed by atoms with E-state index in [0.29, 0.717) is 72.8 Å². The Bertz CT molecular complexity index is 1440. The number of benzene rings is 1. The van der Waals surface area contributed by atoms with Crippen LogP contribution in [0.1, 0.15) is 32.3 Å². The lowest BCUT2D eigenvalue weighted by Crippen LogP contribution is -2.46. The quantitative estimate of drug-likeness (QED) is 0.466. The van der Waals surface area contributed by atoms with Gasteiger partial charge in [0.2, 0.25) is 5.88 Å². The van der Waals surface area contributed by atoms with Crippen LogP contribution in [-0.4, -0.2) is 66.8 Å². The van der Waals surface area contributed by atoms with Crippen LogP contribution in [0.25, 0.3) is 21.9 Å². The monoisotopic (exact) mass is 537 g/mol. The third-order valence-electron chi connectivity index (χ3n) is 7.89. The van der Waals surface area contributed by atoms with E-state index >= 15 is 4.39 Å². The number of halogens is 1. The van der Waals surface area contributed by atoms with Crippen molar-refractivity contribution in [3.8, 4) is 17.0 Å². The number of carbonyl (C=O) groups excluding carboxylic acids is 1. The molecule has 1 aromatic carbocycles. The number of anilines is 3. The predicted molar refractivity (Wildman–Crippen MR) is 145 cm³/mol. The Kier molecular flexibility index (Phi) is 6.64. The summed E-state index contributed by atoms with van der Waals surface area (Å²) in [5, 5.41) is 4.37. The van der Waals surface area contributed by atoms with E-state index in [1.165, 1.54) is 6.20 Å². The van der Waals surface area contributed by atoms with Crippen molar-refractivity contribution < 1.29 is 28.1 Å². The molecule has 2 saturated heterocycles. The van der Waals surface area contributed by atoms with Crippen molar-refractivity contribution >= 4 is 34.1 Å². The van der Waals surface area contributed by atoms with Crippen molar-refractivity contribution in [2.24, 2.45) is 0 Å². The van der Waals surface area contributed by atoms with Gasteiger partial charge >= 0.3 is 6.09 Å². The second-order valence-electron chi connectivity index (χ2n) is 10.3. The molecule has 10 nitrogen and oxygen atoms in total. The van der Waals surface area contributed by atoms with Gasteiger partial charge in [-0.15, -0.1) is 0 Å². The minimum absolute atomic E-state index is 0.0218. The van der Waals surface area contributed by atoms with Crippen molar-refractivity contribution in [2.45, 2.75) is 58.0 Å². The molecule has 39 heavy (non-hydrogen) atoms. The van der Waals surface area contributed by atoms with Gasteiger partial charge in [-0.05, 0) is 50.3 Å². The standard InChI is InChI=1S/C28H32FN5O5/c1-14-19(12-33-27-26(14)31-6-9-38-27)18-10-17-11-23(32-13-20(17)25(30)24(18)29)34(21-4-7-36-15(21)2)28(35)39-22-5-8-37-16(22)3/h10-13,15-16,21-22,31H,4-9,30H2,1-3H3. The van der Waals surface area contributed by atoms with Gasteiger partial charge in [-0.2, -0.15) is 0 Å². The van der Waals surface area contributed by atoms with Crippen LogP contribution in [0.15, 0.2) is 24.5 Å². The zero-order valence-electron chi connectivity index (χ0n) is 22.2. The molecule has 4 unspecified atom stereocenters. The van der Waals surface area contributed by atoms with Crippen LogP contribution in [0.5, 0.6) is 5.88 Å². The Balaban J connectivity index is 1.43. The highest BCUT2D eigenvalue weighted by Crippen LogP contribution is 2.40. The summed E-state index contributed by atoms with van der Waals surface area (Å²) in [5.74, 6) is 0.323. The molecule has 2 fully saturated rings. The van der Waals surface area contributed by atoms with Crippen molar-refractivity contribution in [2.75, 3.05) is 42.3 Å².